The molecular weight excluding hydrogens is 292 g/mol. The van der Waals surface area contributed by atoms with Crippen LogP contribution in [0, 0.1) is 5.41 Å². The van der Waals surface area contributed by atoms with E-state index in [1.54, 1.807) is 16.7 Å². The summed E-state index contributed by atoms with van der Waals surface area (Å²) in [6.45, 7) is 9.53. The third-order valence-electron chi connectivity index (χ3n) is 3.62. The SMILES string of the molecule is CC1CN(C(=O)C2CSCN2C(=O)C(C)(C)C)CCS1. The lowest BCUT2D eigenvalue weighted by molar-refractivity contribution is -0.147. The Hall–Kier alpha value is -0.360. The van der Waals surface area contributed by atoms with Gasteiger partial charge in [-0.15, -0.1) is 11.8 Å². The van der Waals surface area contributed by atoms with E-state index in [0.717, 1.165) is 24.6 Å². The van der Waals surface area contributed by atoms with Gasteiger partial charge in [0.2, 0.25) is 11.8 Å². The zero-order chi connectivity index (χ0) is 14.9. The first-order valence-electron chi connectivity index (χ1n) is 7.10. The summed E-state index contributed by atoms with van der Waals surface area (Å²) in [6, 6.07) is -0.262. The summed E-state index contributed by atoms with van der Waals surface area (Å²) in [4.78, 5) is 28.9. The number of rotatable bonds is 1. The number of nitrogens with zero attached hydrogens (tertiary/aromatic N) is 2. The zero-order valence-electron chi connectivity index (χ0n) is 12.7. The molecule has 0 radical (unpaired) electrons. The van der Waals surface area contributed by atoms with Gasteiger partial charge in [-0.2, -0.15) is 11.8 Å². The molecule has 2 aliphatic rings. The summed E-state index contributed by atoms with van der Waals surface area (Å²) >= 11 is 3.59. The van der Waals surface area contributed by atoms with Gasteiger partial charge in [0.05, 0.1) is 5.88 Å². The van der Waals surface area contributed by atoms with Crippen molar-refractivity contribution in [1.29, 1.82) is 0 Å². The van der Waals surface area contributed by atoms with Crippen LogP contribution in [0.3, 0.4) is 0 Å². The molecule has 0 aromatic rings. The van der Waals surface area contributed by atoms with Gasteiger partial charge in [0.25, 0.3) is 0 Å². The highest BCUT2D eigenvalue weighted by Gasteiger charge is 2.41. The zero-order valence-corrected chi connectivity index (χ0v) is 14.4. The van der Waals surface area contributed by atoms with Gasteiger partial charge < -0.3 is 9.80 Å². The summed E-state index contributed by atoms with van der Waals surface area (Å²) in [5.74, 6) is 2.60. The number of hydrogen-bond acceptors (Lipinski definition) is 4. The molecule has 2 saturated heterocycles. The summed E-state index contributed by atoms with van der Waals surface area (Å²) in [7, 11) is 0. The van der Waals surface area contributed by atoms with Gasteiger partial charge in [0.1, 0.15) is 6.04 Å². The molecule has 0 aromatic heterocycles. The molecule has 0 aromatic carbocycles. The Morgan fingerprint density at radius 2 is 1.95 bits per heavy atom. The summed E-state index contributed by atoms with van der Waals surface area (Å²) in [5.41, 5.74) is -0.422. The van der Waals surface area contributed by atoms with Crippen LogP contribution < -0.4 is 0 Å². The van der Waals surface area contributed by atoms with Crippen molar-refractivity contribution < 1.29 is 9.59 Å². The number of hydrogen-bond donors (Lipinski definition) is 0. The Morgan fingerprint density at radius 3 is 2.55 bits per heavy atom. The van der Waals surface area contributed by atoms with Gasteiger partial charge >= 0.3 is 0 Å². The molecular formula is C14H24N2O2S2. The summed E-state index contributed by atoms with van der Waals surface area (Å²) in [5, 5.41) is 0.494. The van der Waals surface area contributed by atoms with Crippen molar-refractivity contribution in [1.82, 2.24) is 9.80 Å². The first-order chi connectivity index (χ1) is 9.30. The van der Waals surface area contributed by atoms with Gasteiger partial charge in [0, 0.05) is 35.3 Å². The first kappa shape index (κ1) is 16.0. The average Bonchev–Trinajstić information content (AvgIpc) is 2.84. The maximum Gasteiger partial charge on any atom is 0.246 e. The van der Waals surface area contributed by atoms with Crippen LogP contribution in [0.15, 0.2) is 0 Å². The first-order valence-corrected chi connectivity index (χ1v) is 9.30. The molecule has 0 bridgehead atoms. The maximum atomic E-state index is 12.7. The molecule has 2 rings (SSSR count). The van der Waals surface area contributed by atoms with E-state index in [9.17, 15) is 9.59 Å². The van der Waals surface area contributed by atoms with Gasteiger partial charge in [0.15, 0.2) is 0 Å². The Morgan fingerprint density at radius 1 is 1.25 bits per heavy atom. The number of carbonyl (C=O) groups is 2. The van der Waals surface area contributed by atoms with Crippen molar-refractivity contribution in [3.63, 3.8) is 0 Å². The van der Waals surface area contributed by atoms with Crippen LogP contribution in [0.5, 0.6) is 0 Å². The van der Waals surface area contributed by atoms with Crippen molar-refractivity contribution in [3.8, 4) is 0 Å². The minimum atomic E-state index is -0.422. The molecule has 2 aliphatic heterocycles. The maximum absolute atomic E-state index is 12.7. The molecule has 0 aliphatic carbocycles. The third kappa shape index (κ3) is 3.45. The Kier molecular flexibility index (Phi) is 4.95. The van der Waals surface area contributed by atoms with Crippen molar-refractivity contribution in [2.75, 3.05) is 30.5 Å². The standard InChI is InChI=1S/C14H24N2O2S2/c1-10-7-15(5-6-20-10)12(17)11-8-19-9-16(11)13(18)14(2,3)4/h10-11H,5-9H2,1-4H3. The Bertz CT molecular complexity index is 395. The fourth-order valence-electron chi connectivity index (χ4n) is 2.51. The molecule has 2 amide bonds. The lowest BCUT2D eigenvalue weighted by atomic mass is 9.94. The van der Waals surface area contributed by atoms with E-state index in [-0.39, 0.29) is 17.9 Å². The second kappa shape index (κ2) is 6.18. The monoisotopic (exact) mass is 316 g/mol. The van der Waals surface area contributed by atoms with Crippen LogP contribution in [0.25, 0.3) is 0 Å². The molecule has 2 heterocycles. The normalized spacial score (nSPS) is 27.8. The summed E-state index contributed by atoms with van der Waals surface area (Å²) < 4.78 is 0. The lowest BCUT2D eigenvalue weighted by Gasteiger charge is -2.36. The van der Waals surface area contributed by atoms with Gasteiger partial charge in [-0.1, -0.05) is 27.7 Å². The molecule has 4 nitrogen and oxygen atoms in total. The highest BCUT2D eigenvalue weighted by Crippen LogP contribution is 2.29. The molecule has 2 unspecified atom stereocenters. The van der Waals surface area contributed by atoms with Crippen LogP contribution in [-0.4, -0.2) is 63.4 Å². The molecule has 6 heteroatoms. The minimum Gasteiger partial charge on any atom is -0.339 e. The molecule has 20 heavy (non-hydrogen) atoms. The molecule has 0 saturated carbocycles. The minimum absolute atomic E-state index is 0.0836. The number of thioether (sulfide) groups is 2. The van der Waals surface area contributed by atoms with Gasteiger partial charge in [-0.25, -0.2) is 0 Å². The van der Waals surface area contributed by atoms with E-state index in [2.05, 4.69) is 6.92 Å². The lowest BCUT2D eigenvalue weighted by Crippen LogP contribution is -2.53. The smallest absolute Gasteiger partial charge is 0.246 e. The van der Waals surface area contributed by atoms with Crippen LogP contribution >= 0.6 is 23.5 Å². The van der Waals surface area contributed by atoms with E-state index in [1.807, 2.05) is 37.4 Å². The fourth-order valence-corrected chi connectivity index (χ4v) is 4.67. The average molecular weight is 316 g/mol. The van der Waals surface area contributed by atoms with Crippen LogP contribution in [-0.2, 0) is 9.59 Å². The number of carbonyl (C=O) groups excluding carboxylic acids is 2. The van der Waals surface area contributed by atoms with Crippen LogP contribution in [0.1, 0.15) is 27.7 Å². The molecule has 0 N–H and O–H groups in total. The van der Waals surface area contributed by atoms with Crippen molar-refractivity contribution in [2.45, 2.75) is 39.0 Å². The summed E-state index contributed by atoms with van der Waals surface area (Å²) in [6.07, 6.45) is 0. The highest BCUT2D eigenvalue weighted by molar-refractivity contribution is 8.00. The van der Waals surface area contributed by atoms with E-state index in [4.69, 9.17) is 0 Å². The second-order valence-electron chi connectivity index (χ2n) is 6.51. The van der Waals surface area contributed by atoms with Crippen molar-refractivity contribution >= 4 is 35.3 Å². The van der Waals surface area contributed by atoms with Gasteiger partial charge in [-0.05, 0) is 0 Å². The third-order valence-corrected chi connectivity index (χ3v) is 5.77. The second-order valence-corrected chi connectivity index (χ2v) is 9.05. The quantitative estimate of drug-likeness (QED) is 0.741. The molecule has 2 atom stereocenters. The largest absolute Gasteiger partial charge is 0.339 e. The predicted octanol–water partition coefficient (Wildman–Crippen LogP) is 1.90. The fraction of sp³-hybridized carbons (Fsp3) is 0.857. The Balaban J connectivity index is 2.06. The van der Waals surface area contributed by atoms with Crippen molar-refractivity contribution in [2.24, 2.45) is 5.41 Å². The van der Waals surface area contributed by atoms with E-state index in [0.29, 0.717) is 11.1 Å². The topological polar surface area (TPSA) is 40.6 Å². The Labute approximate surface area is 130 Å². The molecule has 114 valence electrons. The van der Waals surface area contributed by atoms with Crippen LogP contribution in [0.4, 0.5) is 0 Å². The highest BCUT2D eigenvalue weighted by atomic mass is 32.2. The van der Waals surface area contributed by atoms with E-state index >= 15 is 0 Å². The van der Waals surface area contributed by atoms with E-state index < -0.39 is 5.41 Å². The predicted molar refractivity (Wildman–Crippen MR) is 85.9 cm³/mol. The van der Waals surface area contributed by atoms with E-state index in [1.165, 1.54) is 0 Å². The number of amides is 2. The molecule has 2 fully saturated rings. The molecule has 0 spiro atoms. The van der Waals surface area contributed by atoms with Gasteiger partial charge in [-0.3, -0.25) is 9.59 Å². The van der Waals surface area contributed by atoms with Crippen molar-refractivity contribution in [3.05, 3.63) is 0 Å². The van der Waals surface area contributed by atoms with Crippen LogP contribution in [0.2, 0.25) is 0 Å².